The van der Waals surface area contributed by atoms with Gasteiger partial charge >= 0.3 is 0 Å². The Balaban J connectivity index is 1.89. The van der Waals surface area contributed by atoms with E-state index in [1.807, 2.05) is 60.7 Å². The molecule has 0 saturated heterocycles. The van der Waals surface area contributed by atoms with Crippen molar-refractivity contribution in [3.05, 3.63) is 80.8 Å². The first-order valence-electron chi connectivity index (χ1n) is 7.59. The van der Waals surface area contributed by atoms with E-state index in [1.165, 1.54) is 0 Å². The predicted molar refractivity (Wildman–Crippen MR) is 97.7 cm³/mol. The van der Waals surface area contributed by atoms with Crippen LogP contribution in [0.5, 0.6) is 0 Å². The Hall–Kier alpha value is -1.83. The second kappa shape index (κ2) is 7.16. The minimum atomic E-state index is 0.121. The fourth-order valence-corrected chi connectivity index (χ4v) is 3.17. The molecule has 0 aromatic heterocycles. The van der Waals surface area contributed by atoms with Crippen molar-refractivity contribution in [2.24, 2.45) is 0 Å². The molecule has 1 aliphatic carbocycles. The minimum absolute atomic E-state index is 0.121. The lowest BCUT2D eigenvalue weighted by atomic mass is 9.87. The lowest BCUT2D eigenvalue weighted by Gasteiger charge is -2.16. The fraction of sp³-hybridized carbons (Fsp3) is 0.150. The van der Waals surface area contributed by atoms with Gasteiger partial charge in [-0.05, 0) is 66.8 Å². The van der Waals surface area contributed by atoms with Gasteiger partial charge in [0.25, 0.3) is 0 Å². The lowest BCUT2D eigenvalue weighted by molar-refractivity contribution is -0.112. The number of allylic oxidation sites excluding steroid dienone is 2. The van der Waals surface area contributed by atoms with Gasteiger partial charge in [0, 0.05) is 21.2 Å². The van der Waals surface area contributed by atoms with E-state index in [-0.39, 0.29) is 5.78 Å². The number of hydrogen-bond donors (Lipinski definition) is 0. The van der Waals surface area contributed by atoms with E-state index >= 15 is 0 Å². The number of ketones is 1. The molecular formula is C20H16Cl2O. The molecule has 0 amide bonds. The van der Waals surface area contributed by atoms with E-state index in [1.54, 1.807) is 0 Å². The molecule has 2 aromatic carbocycles. The van der Waals surface area contributed by atoms with Crippen LogP contribution in [0.15, 0.2) is 59.7 Å². The maximum absolute atomic E-state index is 12.7. The van der Waals surface area contributed by atoms with E-state index in [9.17, 15) is 4.79 Å². The molecule has 3 rings (SSSR count). The van der Waals surface area contributed by atoms with E-state index in [0.29, 0.717) is 10.0 Å². The molecule has 0 bridgehead atoms. The molecule has 1 fully saturated rings. The molecule has 0 spiro atoms. The van der Waals surface area contributed by atoms with Crippen molar-refractivity contribution >= 4 is 41.1 Å². The van der Waals surface area contributed by atoms with Gasteiger partial charge in [-0.3, -0.25) is 4.79 Å². The molecule has 0 unspecified atom stereocenters. The van der Waals surface area contributed by atoms with Crippen LogP contribution in [0.1, 0.15) is 30.4 Å². The van der Waals surface area contributed by atoms with Crippen LogP contribution >= 0.6 is 23.2 Å². The van der Waals surface area contributed by atoms with Gasteiger partial charge < -0.3 is 0 Å². The molecule has 3 heteroatoms. The van der Waals surface area contributed by atoms with Crippen molar-refractivity contribution in [1.29, 1.82) is 0 Å². The number of rotatable bonds is 2. The van der Waals surface area contributed by atoms with Gasteiger partial charge in [-0.15, -0.1) is 0 Å². The monoisotopic (exact) mass is 342 g/mol. The van der Waals surface area contributed by atoms with Gasteiger partial charge in [-0.25, -0.2) is 0 Å². The van der Waals surface area contributed by atoms with Gasteiger partial charge in [0.15, 0.2) is 5.78 Å². The summed E-state index contributed by atoms with van der Waals surface area (Å²) in [6.45, 7) is 0. The predicted octanol–water partition coefficient (Wildman–Crippen LogP) is 6.21. The summed E-state index contributed by atoms with van der Waals surface area (Å²) in [6.07, 6.45) is 6.47. The van der Waals surface area contributed by atoms with E-state index in [2.05, 4.69) is 0 Å². The van der Waals surface area contributed by atoms with E-state index < -0.39 is 0 Å². The number of benzene rings is 2. The second-order valence-corrected chi connectivity index (χ2v) is 6.50. The van der Waals surface area contributed by atoms with Crippen LogP contribution in [0.25, 0.3) is 12.2 Å². The number of Topliss-reactive ketones (excluding diaryl/α,β-unsaturated/α-hetero) is 1. The Morgan fingerprint density at radius 1 is 0.783 bits per heavy atom. The van der Waals surface area contributed by atoms with Crippen molar-refractivity contribution in [3.63, 3.8) is 0 Å². The largest absolute Gasteiger partial charge is 0.289 e. The highest BCUT2D eigenvalue weighted by Gasteiger charge is 2.20. The SMILES string of the molecule is O=C1C(=Cc2cccc(Cl)c2)CCCC1=Cc1cccc(Cl)c1. The molecule has 0 N–H and O–H groups in total. The van der Waals surface area contributed by atoms with Gasteiger partial charge in [-0.2, -0.15) is 0 Å². The average Bonchev–Trinajstić information content (AvgIpc) is 2.51. The number of hydrogen-bond acceptors (Lipinski definition) is 1. The van der Waals surface area contributed by atoms with Crippen molar-refractivity contribution < 1.29 is 4.79 Å². The Labute approximate surface area is 146 Å². The first-order chi connectivity index (χ1) is 11.1. The lowest BCUT2D eigenvalue weighted by Crippen LogP contribution is -2.12. The molecular weight excluding hydrogens is 327 g/mol. The number of carbonyl (C=O) groups excluding carboxylic acids is 1. The molecule has 2 aromatic rings. The smallest absolute Gasteiger partial charge is 0.185 e. The standard InChI is InChI=1S/C20H16Cl2O/c21-18-8-1-4-14(12-18)10-16-6-3-7-17(20(16)23)11-15-5-2-9-19(22)13-15/h1-2,4-5,8-13H,3,6-7H2. The van der Waals surface area contributed by atoms with Crippen LogP contribution in [0.3, 0.4) is 0 Å². The van der Waals surface area contributed by atoms with Crippen molar-refractivity contribution in [2.75, 3.05) is 0 Å². The summed E-state index contributed by atoms with van der Waals surface area (Å²) in [5.74, 6) is 0.121. The van der Waals surface area contributed by atoms with E-state index in [4.69, 9.17) is 23.2 Å². The molecule has 0 heterocycles. The summed E-state index contributed by atoms with van der Waals surface area (Å²) in [5.41, 5.74) is 3.60. The summed E-state index contributed by atoms with van der Waals surface area (Å²) in [7, 11) is 0. The minimum Gasteiger partial charge on any atom is -0.289 e. The molecule has 23 heavy (non-hydrogen) atoms. The van der Waals surface area contributed by atoms with Crippen LogP contribution in [-0.4, -0.2) is 5.78 Å². The zero-order valence-corrected chi connectivity index (χ0v) is 14.1. The van der Waals surface area contributed by atoms with Crippen LogP contribution in [0, 0.1) is 0 Å². The van der Waals surface area contributed by atoms with Crippen LogP contribution < -0.4 is 0 Å². The molecule has 0 aliphatic heterocycles. The number of halogens is 2. The first-order valence-corrected chi connectivity index (χ1v) is 8.34. The first kappa shape index (κ1) is 16.0. The zero-order chi connectivity index (χ0) is 16.2. The fourth-order valence-electron chi connectivity index (χ4n) is 2.77. The van der Waals surface area contributed by atoms with Gasteiger partial charge in [-0.1, -0.05) is 47.5 Å². The molecule has 1 saturated carbocycles. The topological polar surface area (TPSA) is 17.1 Å². The molecule has 0 radical (unpaired) electrons. The molecule has 0 atom stereocenters. The average molecular weight is 343 g/mol. The normalized spacial score (nSPS) is 18.6. The maximum Gasteiger partial charge on any atom is 0.185 e. The molecule has 116 valence electrons. The van der Waals surface area contributed by atoms with Crippen molar-refractivity contribution in [3.8, 4) is 0 Å². The summed E-state index contributed by atoms with van der Waals surface area (Å²) >= 11 is 12.0. The Kier molecular flexibility index (Phi) is 5.00. The van der Waals surface area contributed by atoms with Crippen molar-refractivity contribution in [1.82, 2.24) is 0 Å². The highest BCUT2D eigenvalue weighted by molar-refractivity contribution is 6.31. The third-order valence-corrected chi connectivity index (χ3v) is 4.32. The summed E-state index contributed by atoms with van der Waals surface area (Å²) in [5, 5.41) is 1.36. The zero-order valence-electron chi connectivity index (χ0n) is 12.6. The second-order valence-electron chi connectivity index (χ2n) is 5.63. The van der Waals surface area contributed by atoms with Crippen LogP contribution in [0.4, 0.5) is 0 Å². The number of carbonyl (C=O) groups is 1. The van der Waals surface area contributed by atoms with Crippen LogP contribution in [0.2, 0.25) is 10.0 Å². The third-order valence-electron chi connectivity index (χ3n) is 3.85. The van der Waals surface area contributed by atoms with Gasteiger partial charge in [0.05, 0.1) is 0 Å². The van der Waals surface area contributed by atoms with Gasteiger partial charge in [0.1, 0.15) is 0 Å². The highest BCUT2D eigenvalue weighted by Crippen LogP contribution is 2.28. The molecule has 1 nitrogen and oxygen atoms in total. The Morgan fingerprint density at radius 3 is 1.70 bits per heavy atom. The Morgan fingerprint density at radius 2 is 1.26 bits per heavy atom. The van der Waals surface area contributed by atoms with Crippen LogP contribution in [-0.2, 0) is 4.79 Å². The third kappa shape index (κ3) is 4.13. The molecule has 1 aliphatic rings. The Bertz CT molecular complexity index is 737. The van der Waals surface area contributed by atoms with Crippen molar-refractivity contribution in [2.45, 2.75) is 19.3 Å². The summed E-state index contributed by atoms with van der Waals surface area (Å²) < 4.78 is 0. The summed E-state index contributed by atoms with van der Waals surface area (Å²) in [4.78, 5) is 12.7. The van der Waals surface area contributed by atoms with Gasteiger partial charge in [0.2, 0.25) is 0 Å². The highest BCUT2D eigenvalue weighted by atomic mass is 35.5. The quantitative estimate of drug-likeness (QED) is 0.592. The van der Waals surface area contributed by atoms with E-state index in [0.717, 1.165) is 41.5 Å². The maximum atomic E-state index is 12.7. The summed E-state index contributed by atoms with van der Waals surface area (Å²) in [6, 6.07) is 15.1.